The van der Waals surface area contributed by atoms with Crippen molar-refractivity contribution in [2.75, 3.05) is 6.54 Å². The van der Waals surface area contributed by atoms with Crippen molar-refractivity contribution in [3.05, 3.63) is 100 Å². The summed E-state index contributed by atoms with van der Waals surface area (Å²) in [5, 5.41) is 0.580. The summed E-state index contributed by atoms with van der Waals surface area (Å²) < 4.78 is 22.0. The second-order valence-corrected chi connectivity index (χ2v) is 7.55. The van der Waals surface area contributed by atoms with Crippen LogP contribution in [0.15, 0.2) is 76.7 Å². The Kier molecular flexibility index (Phi) is 6.05. The maximum atomic E-state index is 14.2. The Bertz CT molecular complexity index is 1180. The van der Waals surface area contributed by atoms with Gasteiger partial charge in [-0.25, -0.2) is 9.37 Å². The van der Waals surface area contributed by atoms with E-state index in [1.807, 2.05) is 42.0 Å². The fourth-order valence-electron chi connectivity index (χ4n) is 3.61. The Morgan fingerprint density at radius 1 is 1.13 bits per heavy atom. The molecule has 2 heterocycles. The molecule has 2 aromatic carbocycles. The molecule has 0 fully saturated rings. The number of aromatic nitrogens is 2. The lowest BCUT2D eigenvalue weighted by Crippen LogP contribution is -2.28. The lowest BCUT2D eigenvalue weighted by Gasteiger charge is -2.22. The molecular formula is C24H24FN3O2. The van der Waals surface area contributed by atoms with Crippen LogP contribution in [0.2, 0.25) is 0 Å². The standard InChI is InChI=1S/C24H24FN3O2/c1-18-7-8-23-21(13-18)24(29)20(16-30-23)15-28(11-4-10-27-12-9-26-17-27)14-19-5-2-3-6-22(19)25/h2-3,5-9,12-13,16-17H,4,10-11,14-15H2,1H3. The van der Waals surface area contributed by atoms with Crippen molar-refractivity contribution in [1.82, 2.24) is 14.5 Å². The van der Waals surface area contributed by atoms with Crippen LogP contribution in [0.3, 0.4) is 0 Å². The lowest BCUT2D eigenvalue weighted by atomic mass is 10.1. The van der Waals surface area contributed by atoms with Crippen molar-refractivity contribution < 1.29 is 8.81 Å². The first kappa shape index (κ1) is 20.0. The van der Waals surface area contributed by atoms with Gasteiger partial charge in [-0.1, -0.05) is 29.8 Å². The van der Waals surface area contributed by atoms with Crippen LogP contribution in [0.5, 0.6) is 0 Å². The second kappa shape index (κ2) is 9.05. The van der Waals surface area contributed by atoms with Gasteiger partial charge in [-0.3, -0.25) is 9.69 Å². The minimum atomic E-state index is -0.238. The van der Waals surface area contributed by atoms with Crippen molar-refractivity contribution in [1.29, 1.82) is 0 Å². The quantitative estimate of drug-likeness (QED) is 0.432. The molecule has 0 aliphatic heterocycles. The molecular weight excluding hydrogens is 381 g/mol. The third-order valence-corrected chi connectivity index (χ3v) is 5.20. The number of hydrogen-bond donors (Lipinski definition) is 0. The molecule has 0 saturated carbocycles. The van der Waals surface area contributed by atoms with Crippen LogP contribution in [-0.2, 0) is 19.6 Å². The number of imidazole rings is 1. The van der Waals surface area contributed by atoms with Gasteiger partial charge in [0, 0.05) is 49.7 Å². The fourth-order valence-corrected chi connectivity index (χ4v) is 3.61. The first-order valence-corrected chi connectivity index (χ1v) is 10.0. The molecule has 5 nitrogen and oxygen atoms in total. The van der Waals surface area contributed by atoms with Gasteiger partial charge in [0.05, 0.1) is 18.0 Å². The van der Waals surface area contributed by atoms with Crippen LogP contribution in [0.4, 0.5) is 4.39 Å². The summed E-state index contributed by atoms with van der Waals surface area (Å²) in [5.41, 5.74) is 2.74. The van der Waals surface area contributed by atoms with Crippen LogP contribution < -0.4 is 5.43 Å². The van der Waals surface area contributed by atoms with E-state index in [4.69, 9.17) is 4.42 Å². The number of nitrogens with zero attached hydrogens (tertiary/aromatic N) is 3. The molecule has 30 heavy (non-hydrogen) atoms. The molecule has 6 heteroatoms. The highest BCUT2D eigenvalue weighted by Gasteiger charge is 2.14. The molecule has 0 N–H and O–H groups in total. The van der Waals surface area contributed by atoms with Crippen molar-refractivity contribution in [3.8, 4) is 0 Å². The minimum absolute atomic E-state index is 0.0342. The van der Waals surface area contributed by atoms with Crippen LogP contribution >= 0.6 is 0 Å². The monoisotopic (exact) mass is 405 g/mol. The average molecular weight is 405 g/mol. The van der Waals surface area contributed by atoms with Crippen molar-refractivity contribution in [2.45, 2.75) is 33.0 Å². The Morgan fingerprint density at radius 3 is 2.77 bits per heavy atom. The van der Waals surface area contributed by atoms with E-state index in [0.717, 1.165) is 18.5 Å². The van der Waals surface area contributed by atoms with Crippen molar-refractivity contribution in [3.63, 3.8) is 0 Å². The zero-order chi connectivity index (χ0) is 20.9. The van der Waals surface area contributed by atoms with Gasteiger partial charge in [-0.2, -0.15) is 0 Å². The zero-order valence-corrected chi connectivity index (χ0v) is 16.9. The Balaban J connectivity index is 1.56. The third-order valence-electron chi connectivity index (χ3n) is 5.20. The summed E-state index contributed by atoms with van der Waals surface area (Å²) >= 11 is 0. The van der Waals surface area contributed by atoms with Gasteiger partial charge in [0.1, 0.15) is 11.4 Å². The molecule has 0 aliphatic carbocycles. The summed E-state index contributed by atoms with van der Waals surface area (Å²) in [6.45, 7) is 4.27. The van der Waals surface area contributed by atoms with Crippen molar-refractivity contribution in [2.24, 2.45) is 0 Å². The smallest absolute Gasteiger partial charge is 0.197 e. The maximum Gasteiger partial charge on any atom is 0.197 e. The molecule has 154 valence electrons. The highest BCUT2D eigenvalue weighted by Crippen LogP contribution is 2.16. The Morgan fingerprint density at radius 2 is 1.97 bits per heavy atom. The lowest BCUT2D eigenvalue weighted by molar-refractivity contribution is 0.243. The zero-order valence-electron chi connectivity index (χ0n) is 16.9. The molecule has 0 radical (unpaired) electrons. The van der Waals surface area contributed by atoms with E-state index in [9.17, 15) is 9.18 Å². The molecule has 0 saturated heterocycles. The summed E-state index contributed by atoms with van der Waals surface area (Å²) in [7, 11) is 0. The molecule has 2 aromatic heterocycles. The van der Waals surface area contributed by atoms with Gasteiger partial charge in [-0.05, 0) is 31.5 Å². The van der Waals surface area contributed by atoms with E-state index in [1.54, 1.807) is 24.7 Å². The highest BCUT2D eigenvalue weighted by molar-refractivity contribution is 5.77. The number of benzene rings is 2. The second-order valence-electron chi connectivity index (χ2n) is 7.55. The fraction of sp³-hybridized carbons (Fsp3) is 0.250. The van der Waals surface area contributed by atoms with Gasteiger partial charge in [0.15, 0.2) is 5.43 Å². The summed E-state index contributed by atoms with van der Waals surface area (Å²) in [5.74, 6) is -0.238. The van der Waals surface area contributed by atoms with Crippen molar-refractivity contribution >= 4 is 11.0 Å². The molecule has 4 rings (SSSR count). The van der Waals surface area contributed by atoms with Gasteiger partial charge in [0.25, 0.3) is 0 Å². The van der Waals surface area contributed by atoms with E-state index in [0.29, 0.717) is 41.7 Å². The predicted octanol–water partition coefficient (Wildman–Crippen LogP) is 4.53. The van der Waals surface area contributed by atoms with E-state index in [1.165, 1.54) is 12.3 Å². The molecule has 0 aliphatic rings. The average Bonchev–Trinajstić information content (AvgIpc) is 3.25. The first-order valence-electron chi connectivity index (χ1n) is 10.0. The van der Waals surface area contributed by atoms with Crippen LogP contribution in [0.1, 0.15) is 23.1 Å². The van der Waals surface area contributed by atoms with E-state index in [-0.39, 0.29) is 11.2 Å². The Hall–Kier alpha value is -3.25. The molecule has 0 bridgehead atoms. The molecule has 0 spiro atoms. The van der Waals surface area contributed by atoms with Gasteiger partial charge >= 0.3 is 0 Å². The summed E-state index contributed by atoms with van der Waals surface area (Å²) in [6, 6.07) is 12.4. The predicted molar refractivity (Wildman–Crippen MR) is 115 cm³/mol. The summed E-state index contributed by atoms with van der Waals surface area (Å²) in [6.07, 6.45) is 7.83. The molecule has 0 atom stereocenters. The minimum Gasteiger partial charge on any atom is -0.464 e. The largest absolute Gasteiger partial charge is 0.464 e. The molecule has 0 amide bonds. The first-order chi connectivity index (χ1) is 14.6. The number of halogens is 1. The Labute approximate surface area is 174 Å². The molecule has 4 aromatic rings. The number of fused-ring (bicyclic) bond motifs is 1. The molecule has 0 unspecified atom stereocenters. The topological polar surface area (TPSA) is 51.3 Å². The number of aryl methyl sites for hydroxylation is 2. The van der Waals surface area contributed by atoms with E-state index >= 15 is 0 Å². The van der Waals surface area contributed by atoms with Gasteiger partial charge in [-0.15, -0.1) is 0 Å². The van der Waals surface area contributed by atoms with Gasteiger partial charge < -0.3 is 8.98 Å². The van der Waals surface area contributed by atoms with E-state index in [2.05, 4.69) is 9.88 Å². The third kappa shape index (κ3) is 4.66. The van der Waals surface area contributed by atoms with Crippen LogP contribution in [0, 0.1) is 12.7 Å². The number of rotatable bonds is 8. The van der Waals surface area contributed by atoms with Crippen LogP contribution in [0.25, 0.3) is 11.0 Å². The maximum absolute atomic E-state index is 14.2. The number of hydrogen-bond acceptors (Lipinski definition) is 4. The van der Waals surface area contributed by atoms with E-state index < -0.39 is 0 Å². The SMILES string of the molecule is Cc1ccc2occ(CN(CCCn3ccnc3)Cc3ccccc3F)c(=O)c2c1. The van der Waals surface area contributed by atoms with Crippen LogP contribution in [-0.4, -0.2) is 21.0 Å². The summed E-state index contributed by atoms with van der Waals surface area (Å²) in [4.78, 5) is 19.2. The highest BCUT2D eigenvalue weighted by atomic mass is 19.1. The normalized spacial score (nSPS) is 11.4. The van der Waals surface area contributed by atoms with Gasteiger partial charge in [0.2, 0.25) is 0 Å².